The van der Waals surface area contributed by atoms with E-state index in [1.165, 1.54) is 0 Å². The molecule has 42 heavy (non-hydrogen) atoms. The van der Waals surface area contributed by atoms with Crippen LogP contribution >= 0.6 is 0 Å². The Balaban J connectivity index is 7.05. The monoisotopic (exact) mass is 716 g/mol. The minimum atomic E-state index is -3.68. The van der Waals surface area contributed by atoms with E-state index in [4.69, 9.17) is 24.7 Å². The van der Waals surface area contributed by atoms with Crippen molar-refractivity contribution >= 4 is 71.4 Å². The van der Waals surface area contributed by atoms with Crippen LogP contribution in [-0.4, -0.2) is 81.6 Å². The Morgan fingerprint density at radius 2 is 0.857 bits per heavy atom. The summed E-state index contributed by atoms with van der Waals surface area (Å²) in [6, 6.07) is 0.275. The molecule has 0 aromatic carbocycles. The number of carbonyl (C=O) groups is 2. The molecule has 2 N–H and O–H groups in total. The SMILES string of the molecule is CC(C)C(C(=O)O)=C(CCC[Si](O[Si](C)(C)O[Si](C)(C)C)(O[Si](C)(C)O[Si](C)(C)C)O[Si](C)(C)O[Si](C)(C)C)C(=O)O. The molecule has 0 radical (unpaired) electrons. The molecule has 0 amide bonds. The van der Waals surface area contributed by atoms with Gasteiger partial charge in [-0.15, -0.1) is 0 Å². The smallest absolute Gasteiger partial charge is 0.474 e. The zero-order valence-corrected chi connectivity index (χ0v) is 36.4. The Bertz CT molecular complexity index is 888. The van der Waals surface area contributed by atoms with Gasteiger partial charge in [0.1, 0.15) is 0 Å². The van der Waals surface area contributed by atoms with E-state index in [-0.39, 0.29) is 23.6 Å². The van der Waals surface area contributed by atoms with Gasteiger partial charge in [0.2, 0.25) is 0 Å². The van der Waals surface area contributed by atoms with Crippen molar-refractivity contribution in [3.05, 3.63) is 11.1 Å². The number of rotatable bonds is 19. The lowest BCUT2D eigenvalue weighted by Gasteiger charge is -2.46. The van der Waals surface area contributed by atoms with Crippen LogP contribution in [0.5, 0.6) is 0 Å². The molecule has 0 aliphatic carbocycles. The van der Waals surface area contributed by atoms with E-state index in [1.54, 1.807) is 13.8 Å². The van der Waals surface area contributed by atoms with Crippen LogP contribution in [-0.2, 0) is 34.3 Å². The van der Waals surface area contributed by atoms with Crippen LogP contribution in [0.2, 0.25) is 104 Å². The predicted octanol–water partition coefficient (Wildman–Crippen LogP) is 7.54. The first-order chi connectivity index (χ1) is 18.3. The van der Waals surface area contributed by atoms with Crippen LogP contribution in [0.15, 0.2) is 11.1 Å². The standard InChI is InChI=1S/C25H60O10Si7/c1-21(2)23(25(28)29)22(24(26)27)19-18-20-42(33-39(12,13)30-36(3,4)5,34-40(14,15)31-37(6,7)8)35-41(16,17)32-38(9,10)11/h21H,18-20H2,1-17H3,(H,26,27)(H,28,29). The van der Waals surface area contributed by atoms with Crippen molar-refractivity contribution in [2.75, 3.05) is 0 Å². The minimum Gasteiger partial charge on any atom is -0.478 e. The number of carboxylic acids is 2. The maximum absolute atomic E-state index is 12.2. The Morgan fingerprint density at radius 1 is 0.548 bits per heavy atom. The summed E-state index contributed by atoms with van der Waals surface area (Å²) in [7, 11) is -18.3. The molecule has 248 valence electrons. The number of hydrogen-bond donors (Lipinski definition) is 2. The fourth-order valence-electron chi connectivity index (χ4n) is 5.18. The normalized spacial score (nSPS) is 15.2. The third kappa shape index (κ3) is 17.4. The third-order valence-corrected chi connectivity index (χ3v) is 29.0. The molecule has 0 bridgehead atoms. The van der Waals surface area contributed by atoms with E-state index >= 15 is 0 Å². The molecule has 10 nitrogen and oxygen atoms in total. The molecule has 0 aromatic rings. The topological polar surface area (TPSA) is 130 Å². The van der Waals surface area contributed by atoms with Gasteiger partial charge in [-0.2, -0.15) is 0 Å². The maximum atomic E-state index is 12.2. The van der Waals surface area contributed by atoms with Gasteiger partial charge in [0.25, 0.3) is 0 Å². The average molecular weight is 717 g/mol. The molecule has 0 aliphatic heterocycles. The third-order valence-electron chi connectivity index (χ3n) is 5.16. The zero-order chi connectivity index (χ0) is 33.8. The van der Waals surface area contributed by atoms with Gasteiger partial charge in [-0.25, -0.2) is 9.59 Å². The second kappa shape index (κ2) is 15.0. The lowest BCUT2D eigenvalue weighted by atomic mass is 9.94. The first-order valence-electron chi connectivity index (χ1n) is 14.7. The molecule has 0 atom stereocenters. The van der Waals surface area contributed by atoms with Crippen LogP contribution in [0.1, 0.15) is 26.7 Å². The van der Waals surface area contributed by atoms with Crippen LogP contribution in [0.3, 0.4) is 0 Å². The van der Waals surface area contributed by atoms with Crippen molar-refractivity contribution in [2.45, 2.75) is 131 Å². The fourth-order valence-corrected chi connectivity index (χ4v) is 36.9. The van der Waals surface area contributed by atoms with Gasteiger partial charge >= 0.3 is 46.4 Å². The predicted molar refractivity (Wildman–Crippen MR) is 186 cm³/mol. The van der Waals surface area contributed by atoms with Gasteiger partial charge < -0.3 is 34.9 Å². The Hall–Kier alpha value is -0.0418. The van der Waals surface area contributed by atoms with Gasteiger partial charge in [0, 0.05) is 17.2 Å². The molecule has 0 heterocycles. The van der Waals surface area contributed by atoms with Gasteiger partial charge in [0.05, 0.1) is 0 Å². The highest BCUT2D eigenvalue weighted by molar-refractivity contribution is 6.92. The summed E-state index contributed by atoms with van der Waals surface area (Å²) in [5, 5.41) is 19.8. The molecule has 0 aliphatic rings. The van der Waals surface area contributed by atoms with Crippen molar-refractivity contribution in [2.24, 2.45) is 5.92 Å². The first kappa shape index (κ1) is 42.0. The van der Waals surface area contributed by atoms with Gasteiger partial charge in [-0.05, 0) is 117 Å². The summed E-state index contributed by atoms with van der Waals surface area (Å²) in [5.41, 5.74) is -0.206. The summed E-state index contributed by atoms with van der Waals surface area (Å²) < 4.78 is 40.8. The van der Waals surface area contributed by atoms with Crippen molar-refractivity contribution in [3.63, 3.8) is 0 Å². The number of aliphatic carboxylic acids is 2. The fraction of sp³-hybridized carbons (Fsp3) is 0.840. The average Bonchev–Trinajstić information content (AvgIpc) is 2.58. The zero-order valence-electron chi connectivity index (χ0n) is 29.4. The number of carboxylic acid groups (broad SMARTS) is 2. The van der Waals surface area contributed by atoms with Crippen LogP contribution < -0.4 is 0 Å². The molecule has 0 aromatic heterocycles. The van der Waals surface area contributed by atoms with Crippen molar-refractivity contribution in [3.8, 4) is 0 Å². The molecule has 0 rings (SSSR count). The minimum absolute atomic E-state index is 0.0323. The van der Waals surface area contributed by atoms with E-state index in [2.05, 4.69) is 58.9 Å². The second-order valence-electron chi connectivity index (χ2n) is 15.3. The van der Waals surface area contributed by atoms with E-state index < -0.39 is 77.3 Å². The largest absolute Gasteiger partial charge is 0.478 e. The quantitative estimate of drug-likeness (QED) is 0.102. The Labute approximate surface area is 263 Å². The Morgan fingerprint density at radius 3 is 1.07 bits per heavy atom. The molecule has 0 unspecified atom stereocenters. The van der Waals surface area contributed by atoms with E-state index in [9.17, 15) is 19.8 Å². The van der Waals surface area contributed by atoms with Crippen LogP contribution in [0.4, 0.5) is 0 Å². The molecule has 0 saturated carbocycles. The molecule has 17 heteroatoms. The van der Waals surface area contributed by atoms with Gasteiger partial charge in [-0.3, -0.25) is 0 Å². The number of hydrogen-bond acceptors (Lipinski definition) is 8. The van der Waals surface area contributed by atoms with Crippen molar-refractivity contribution in [1.82, 2.24) is 0 Å². The molecule has 0 fully saturated rings. The molecule has 0 spiro atoms. The summed E-state index contributed by atoms with van der Waals surface area (Å²) in [6.45, 7) is 34.3. The Kier molecular flexibility index (Phi) is 15.0. The van der Waals surface area contributed by atoms with Gasteiger partial charge in [-0.1, -0.05) is 13.8 Å². The molecular weight excluding hydrogens is 657 g/mol. The van der Waals surface area contributed by atoms with E-state index in [0.717, 1.165) is 0 Å². The van der Waals surface area contributed by atoms with E-state index in [0.29, 0.717) is 6.42 Å². The highest BCUT2D eigenvalue weighted by atomic mass is 28.5. The highest BCUT2D eigenvalue weighted by Crippen LogP contribution is 2.35. The van der Waals surface area contributed by atoms with Crippen LogP contribution in [0, 0.1) is 5.92 Å². The maximum Gasteiger partial charge on any atom is 0.474 e. The highest BCUT2D eigenvalue weighted by Gasteiger charge is 2.56. The van der Waals surface area contributed by atoms with Crippen molar-refractivity contribution < 1.29 is 44.5 Å². The lowest BCUT2D eigenvalue weighted by Crippen LogP contribution is -2.66. The van der Waals surface area contributed by atoms with E-state index in [1.807, 2.05) is 39.3 Å². The summed E-state index contributed by atoms with van der Waals surface area (Å²) in [6.07, 6.45) is 0.328. The lowest BCUT2D eigenvalue weighted by molar-refractivity contribution is -0.136. The first-order valence-corrected chi connectivity index (χ1v) is 35.3. The summed E-state index contributed by atoms with van der Waals surface area (Å²) in [4.78, 5) is 24.2. The van der Waals surface area contributed by atoms with Crippen LogP contribution in [0.25, 0.3) is 0 Å². The van der Waals surface area contributed by atoms with Gasteiger partial charge in [0.15, 0.2) is 25.0 Å². The summed E-state index contributed by atoms with van der Waals surface area (Å²) >= 11 is 0. The molecule has 0 saturated heterocycles. The molecular formula is C25H60O10Si7. The van der Waals surface area contributed by atoms with Crippen molar-refractivity contribution in [1.29, 1.82) is 0 Å². The summed E-state index contributed by atoms with van der Waals surface area (Å²) in [5.74, 6) is -2.91. The second-order valence-corrected chi connectivity index (χ2v) is 43.2.